The lowest BCUT2D eigenvalue weighted by atomic mass is 10.0. The number of nitrogens with zero attached hydrogens (tertiary/aromatic N) is 1. The molecular weight excluding hydrogens is 328 g/mol. The van der Waals surface area contributed by atoms with Crippen LogP contribution in [0.2, 0.25) is 0 Å². The van der Waals surface area contributed by atoms with Crippen molar-refractivity contribution < 1.29 is 14.3 Å². The van der Waals surface area contributed by atoms with Crippen molar-refractivity contribution in [2.24, 2.45) is 5.92 Å². The summed E-state index contributed by atoms with van der Waals surface area (Å²) in [5.41, 5.74) is 2.99. The molecule has 2 unspecified atom stereocenters. The van der Waals surface area contributed by atoms with Crippen LogP contribution in [0.3, 0.4) is 0 Å². The fourth-order valence-electron chi connectivity index (χ4n) is 3.16. The van der Waals surface area contributed by atoms with Gasteiger partial charge in [0, 0.05) is 18.7 Å². The van der Waals surface area contributed by atoms with Crippen molar-refractivity contribution in [3.05, 3.63) is 59.7 Å². The van der Waals surface area contributed by atoms with Gasteiger partial charge in [-0.1, -0.05) is 29.8 Å². The SMILES string of the molecule is COc1ccc(C(C)NC(=O)C2CC(=O)N(c3ccc(C)cc3)C2)cc1. The molecular formula is C21H24N2O3. The van der Waals surface area contributed by atoms with Crippen LogP contribution in [0.15, 0.2) is 48.5 Å². The molecule has 3 rings (SSSR count). The smallest absolute Gasteiger partial charge is 0.227 e. The van der Waals surface area contributed by atoms with E-state index in [1.807, 2.05) is 62.4 Å². The second-order valence-electron chi connectivity index (χ2n) is 6.74. The van der Waals surface area contributed by atoms with Gasteiger partial charge >= 0.3 is 0 Å². The summed E-state index contributed by atoms with van der Waals surface area (Å²) >= 11 is 0. The third-order valence-corrected chi connectivity index (χ3v) is 4.82. The lowest BCUT2D eigenvalue weighted by Crippen LogP contribution is -2.34. The van der Waals surface area contributed by atoms with Crippen molar-refractivity contribution in [1.29, 1.82) is 0 Å². The number of nitrogens with one attached hydrogen (secondary N) is 1. The van der Waals surface area contributed by atoms with Gasteiger partial charge in [0.25, 0.3) is 0 Å². The number of methoxy groups -OCH3 is 1. The molecule has 0 saturated carbocycles. The van der Waals surface area contributed by atoms with Crippen LogP contribution in [0.1, 0.15) is 30.5 Å². The standard InChI is InChI=1S/C21H24N2O3/c1-14-4-8-18(9-5-14)23-13-17(12-20(23)24)21(25)22-15(2)16-6-10-19(26-3)11-7-16/h4-11,15,17H,12-13H2,1-3H3,(H,22,25). The molecule has 0 aromatic heterocycles. The Labute approximate surface area is 154 Å². The van der Waals surface area contributed by atoms with E-state index in [9.17, 15) is 9.59 Å². The van der Waals surface area contributed by atoms with Gasteiger partial charge in [-0.15, -0.1) is 0 Å². The third kappa shape index (κ3) is 3.87. The molecule has 1 saturated heterocycles. The molecule has 1 fully saturated rings. The Bertz CT molecular complexity index is 784. The van der Waals surface area contributed by atoms with Gasteiger partial charge in [-0.3, -0.25) is 9.59 Å². The summed E-state index contributed by atoms with van der Waals surface area (Å²) in [6.07, 6.45) is 0.245. The minimum Gasteiger partial charge on any atom is -0.497 e. The molecule has 1 N–H and O–H groups in total. The van der Waals surface area contributed by atoms with Crippen LogP contribution in [0.5, 0.6) is 5.75 Å². The van der Waals surface area contributed by atoms with E-state index in [1.54, 1.807) is 12.0 Å². The number of amides is 2. The molecule has 2 atom stereocenters. The maximum Gasteiger partial charge on any atom is 0.227 e. The van der Waals surface area contributed by atoms with E-state index < -0.39 is 0 Å². The number of ether oxygens (including phenoxy) is 1. The van der Waals surface area contributed by atoms with Gasteiger partial charge in [0.05, 0.1) is 19.1 Å². The highest BCUT2D eigenvalue weighted by atomic mass is 16.5. The highest BCUT2D eigenvalue weighted by Gasteiger charge is 2.35. The molecule has 26 heavy (non-hydrogen) atoms. The molecule has 0 radical (unpaired) electrons. The summed E-state index contributed by atoms with van der Waals surface area (Å²) < 4.78 is 5.15. The zero-order valence-corrected chi connectivity index (χ0v) is 15.4. The molecule has 136 valence electrons. The van der Waals surface area contributed by atoms with Gasteiger partial charge in [0.1, 0.15) is 5.75 Å². The number of benzene rings is 2. The Hall–Kier alpha value is -2.82. The van der Waals surface area contributed by atoms with Crippen molar-refractivity contribution in [2.75, 3.05) is 18.6 Å². The predicted molar refractivity (Wildman–Crippen MR) is 101 cm³/mol. The second-order valence-corrected chi connectivity index (χ2v) is 6.74. The number of anilines is 1. The quantitative estimate of drug-likeness (QED) is 0.899. The molecule has 5 nitrogen and oxygen atoms in total. The Morgan fingerprint density at radius 2 is 1.81 bits per heavy atom. The van der Waals surface area contributed by atoms with Crippen LogP contribution in [-0.2, 0) is 9.59 Å². The minimum atomic E-state index is -0.329. The highest BCUT2D eigenvalue weighted by Crippen LogP contribution is 2.26. The van der Waals surface area contributed by atoms with E-state index in [-0.39, 0.29) is 30.2 Å². The van der Waals surface area contributed by atoms with Crippen LogP contribution in [0, 0.1) is 12.8 Å². The van der Waals surface area contributed by atoms with Gasteiger partial charge in [-0.05, 0) is 43.7 Å². The molecule has 1 aliphatic rings. The maximum atomic E-state index is 12.6. The first kappa shape index (κ1) is 18.0. The van der Waals surface area contributed by atoms with Gasteiger partial charge < -0.3 is 15.0 Å². The third-order valence-electron chi connectivity index (χ3n) is 4.82. The number of hydrogen-bond acceptors (Lipinski definition) is 3. The number of aryl methyl sites for hydroxylation is 1. The number of carbonyl (C=O) groups is 2. The van der Waals surface area contributed by atoms with Crippen molar-refractivity contribution in [1.82, 2.24) is 5.32 Å². The first-order valence-electron chi connectivity index (χ1n) is 8.79. The average molecular weight is 352 g/mol. The Morgan fingerprint density at radius 3 is 2.42 bits per heavy atom. The van der Waals surface area contributed by atoms with E-state index in [4.69, 9.17) is 4.74 Å². The summed E-state index contributed by atoms with van der Waals surface area (Å²) in [5.74, 6) is 0.356. The molecule has 2 aromatic carbocycles. The predicted octanol–water partition coefficient (Wildman–Crippen LogP) is 3.23. The second kappa shape index (κ2) is 7.60. The molecule has 1 heterocycles. The monoisotopic (exact) mass is 352 g/mol. The normalized spacial score (nSPS) is 17.9. The van der Waals surface area contributed by atoms with Gasteiger partial charge in [0.2, 0.25) is 11.8 Å². The lowest BCUT2D eigenvalue weighted by molar-refractivity contribution is -0.126. The Kier molecular flexibility index (Phi) is 5.26. The summed E-state index contributed by atoms with van der Waals surface area (Å²) in [7, 11) is 1.62. The molecule has 1 aliphatic heterocycles. The molecule has 2 aromatic rings. The number of rotatable bonds is 5. The molecule has 0 bridgehead atoms. The van der Waals surface area contributed by atoms with E-state index in [2.05, 4.69) is 5.32 Å². The lowest BCUT2D eigenvalue weighted by Gasteiger charge is -2.19. The van der Waals surface area contributed by atoms with Gasteiger partial charge in [0.15, 0.2) is 0 Å². The zero-order chi connectivity index (χ0) is 18.7. The van der Waals surface area contributed by atoms with Crippen LogP contribution in [-0.4, -0.2) is 25.5 Å². The van der Waals surface area contributed by atoms with E-state index in [1.165, 1.54) is 0 Å². The summed E-state index contributed by atoms with van der Waals surface area (Å²) in [6, 6.07) is 15.3. The molecule has 5 heteroatoms. The summed E-state index contributed by atoms with van der Waals surface area (Å²) in [5, 5.41) is 3.02. The summed E-state index contributed by atoms with van der Waals surface area (Å²) in [4.78, 5) is 26.6. The zero-order valence-electron chi connectivity index (χ0n) is 15.4. The van der Waals surface area contributed by atoms with Crippen molar-refractivity contribution >= 4 is 17.5 Å². The van der Waals surface area contributed by atoms with E-state index >= 15 is 0 Å². The number of carbonyl (C=O) groups excluding carboxylic acids is 2. The Balaban J connectivity index is 1.63. The van der Waals surface area contributed by atoms with Gasteiger partial charge in [-0.25, -0.2) is 0 Å². The largest absolute Gasteiger partial charge is 0.497 e. The van der Waals surface area contributed by atoms with Crippen molar-refractivity contribution in [3.63, 3.8) is 0 Å². The fraction of sp³-hybridized carbons (Fsp3) is 0.333. The van der Waals surface area contributed by atoms with Crippen molar-refractivity contribution in [3.8, 4) is 5.75 Å². The summed E-state index contributed by atoms with van der Waals surface area (Å²) in [6.45, 7) is 4.36. The Morgan fingerprint density at radius 1 is 1.15 bits per heavy atom. The van der Waals surface area contributed by atoms with Crippen molar-refractivity contribution in [2.45, 2.75) is 26.3 Å². The first-order valence-corrected chi connectivity index (χ1v) is 8.79. The van der Waals surface area contributed by atoms with Crippen LogP contribution in [0.4, 0.5) is 5.69 Å². The highest BCUT2D eigenvalue weighted by molar-refractivity contribution is 6.00. The van der Waals surface area contributed by atoms with Crippen LogP contribution >= 0.6 is 0 Å². The first-order chi connectivity index (χ1) is 12.5. The maximum absolute atomic E-state index is 12.6. The molecule has 0 spiro atoms. The van der Waals surface area contributed by atoms with E-state index in [0.717, 1.165) is 22.6 Å². The number of hydrogen-bond donors (Lipinski definition) is 1. The molecule has 2 amide bonds. The van der Waals surface area contributed by atoms with E-state index in [0.29, 0.717) is 6.54 Å². The van der Waals surface area contributed by atoms with Crippen LogP contribution < -0.4 is 15.0 Å². The van der Waals surface area contributed by atoms with Crippen LogP contribution in [0.25, 0.3) is 0 Å². The molecule has 0 aliphatic carbocycles. The topological polar surface area (TPSA) is 58.6 Å². The average Bonchev–Trinajstić information content (AvgIpc) is 3.04. The fourth-order valence-corrected chi connectivity index (χ4v) is 3.16. The van der Waals surface area contributed by atoms with Gasteiger partial charge in [-0.2, -0.15) is 0 Å². The minimum absolute atomic E-state index is 0.00824.